The summed E-state index contributed by atoms with van der Waals surface area (Å²) in [5.74, 6) is 1.83. The smallest absolute Gasteiger partial charge is 0.191 e. The minimum atomic E-state index is 0.586. The molecule has 0 aliphatic rings. The molecule has 4 nitrogen and oxygen atoms in total. The third-order valence-electron chi connectivity index (χ3n) is 3.10. The minimum absolute atomic E-state index is 0.586. The van der Waals surface area contributed by atoms with Crippen LogP contribution in [0, 0.1) is 6.92 Å². The molecular weight excluding hydrogens is 304 g/mol. The summed E-state index contributed by atoms with van der Waals surface area (Å²) in [5.41, 5.74) is 2.01. The lowest BCUT2D eigenvalue weighted by atomic mass is 10.3. The SMILES string of the molecule is CCNC(=NCc1cccc(C)n1)NCCSc1ccccc1. The van der Waals surface area contributed by atoms with Crippen molar-refractivity contribution in [3.05, 3.63) is 59.9 Å². The molecule has 1 aromatic carbocycles. The average Bonchev–Trinajstić information content (AvgIpc) is 2.57. The average molecular weight is 328 g/mol. The number of nitrogens with one attached hydrogen (secondary N) is 2. The molecule has 0 saturated carbocycles. The molecule has 122 valence electrons. The van der Waals surface area contributed by atoms with Gasteiger partial charge in [0.2, 0.25) is 0 Å². The van der Waals surface area contributed by atoms with E-state index in [9.17, 15) is 0 Å². The second-order valence-corrected chi connectivity index (χ2v) is 6.22. The van der Waals surface area contributed by atoms with Crippen molar-refractivity contribution >= 4 is 17.7 Å². The topological polar surface area (TPSA) is 49.3 Å². The van der Waals surface area contributed by atoms with Gasteiger partial charge in [-0.15, -0.1) is 11.8 Å². The predicted molar refractivity (Wildman–Crippen MR) is 99.0 cm³/mol. The molecule has 2 aromatic rings. The molecule has 1 heterocycles. The maximum Gasteiger partial charge on any atom is 0.191 e. The van der Waals surface area contributed by atoms with Gasteiger partial charge in [-0.25, -0.2) is 4.99 Å². The molecule has 0 unspecified atom stereocenters. The number of aromatic nitrogens is 1. The number of aliphatic imine (C=N–C) groups is 1. The third-order valence-corrected chi connectivity index (χ3v) is 4.11. The first-order valence-corrected chi connectivity index (χ1v) is 8.89. The highest BCUT2D eigenvalue weighted by Crippen LogP contribution is 2.15. The van der Waals surface area contributed by atoms with Crippen LogP contribution in [-0.2, 0) is 6.54 Å². The summed E-state index contributed by atoms with van der Waals surface area (Å²) in [7, 11) is 0. The first-order valence-electron chi connectivity index (χ1n) is 7.90. The Morgan fingerprint density at radius 2 is 1.91 bits per heavy atom. The summed E-state index contributed by atoms with van der Waals surface area (Å²) in [6, 6.07) is 16.5. The van der Waals surface area contributed by atoms with Gasteiger partial charge < -0.3 is 10.6 Å². The quantitative estimate of drug-likeness (QED) is 0.355. The Hall–Kier alpha value is -2.01. The van der Waals surface area contributed by atoms with Crippen LogP contribution in [-0.4, -0.2) is 29.8 Å². The van der Waals surface area contributed by atoms with Crippen molar-refractivity contribution in [2.75, 3.05) is 18.8 Å². The Morgan fingerprint density at radius 1 is 1.09 bits per heavy atom. The Labute approximate surface area is 142 Å². The summed E-state index contributed by atoms with van der Waals surface area (Å²) in [5, 5.41) is 6.63. The highest BCUT2D eigenvalue weighted by Gasteiger charge is 1.99. The zero-order chi connectivity index (χ0) is 16.3. The number of aryl methyl sites for hydroxylation is 1. The molecule has 0 bridgehead atoms. The Morgan fingerprint density at radius 3 is 2.65 bits per heavy atom. The van der Waals surface area contributed by atoms with E-state index in [1.807, 2.05) is 43.0 Å². The number of hydrogen-bond donors (Lipinski definition) is 2. The van der Waals surface area contributed by atoms with E-state index in [2.05, 4.69) is 51.8 Å². The molecule has 0 saturated heterocycles. The van der Waals surface area contributed by atoms with Crippen molar-refractivity contribution in [1.82, 2.24) is 15.6 Å². The van der Waals surface area contributed by atoms with Crippen molar-refractivity contribution in [2.24, 2.45) is 4.99 Å². The van der Waals surface area contributed by atoms with E-state index >= 15 is 0 Å². The number of nitrogens with zero attached hydrogens (tertiary/aromatic N) is 2. The fraction of sp³-hybridized carbons (Fsp3) is 0.333. The van der Waals surface area contributed by atoms with Crippen LogP contribution in [0.25, 0.3) is 0 Å². The van der Waals surface area contributed by atoms with Crippen molar-refractivity contribution in [2.45, 2.75) is 25.3 Å². The van der Waals surface area contributed by atoms with Crippen LogP contribution < -0.4 is 10.6 Å². The van der Waals surface area contributed by atoms with Gasteiger partial charge in [0.15, 0.2) is 5.96 Å². The number of thioether (sulfide) groups is 1. The monoisotopic (exact) mass is 328 g/mol. The fourth-order valence-electron chi connectivity index (χ4n) is 2.04. The maximum atomic E-state index is 4.59. The van der Waals surface area contributed by atoms with Gasteiger partial charge in [0.05, 0.1) is 12.2 Å². The molecule has 0 aliphatic heterocycles. The van der Waals surface area contributed by atoms with Gasteiger partial charge in [0.25, 0.3) is 0 Å². The Balaban J connectivity index is 1.79. The zero-order valence-corrected chi connectivity index (χ0v) is 14.6. The van der Waals surface area contributed by atoms with Gasteiger partial charge in [-0.1, -0.05) is 24.3 Å². The van der Waals surface area contributed by atoms with Crippen LogP contribution in [0.15, 0.2) is 58.4 Å². The molecule has 2 rings (SSSR count). The van der Waals surface area contributed by atoms with Crippen LogP contribution in [0.5, 0.6) is 0 Å². The largest absolute Gasteiger partial charge is 0.357 e. The lowest BCUT2D eigenvalue weighted by Gasteiger charge is -2.11. The van der Waals surface area contributed by atoms with Crippen LogP contribution in [0.1, 0.15) is 18.3 Å². The Kier molecular flexibility index (Phi) is 7.46. The molecule has 0 fully saturated rings. The summed E-state index contributed by atoms with van der Waals surface area (Å²) in [4.78, 5) is 10.4. The predicted octanol–water partition coefficient (Wildman–Crippen LogP) is 3.24. The summed E-state index contributed by atoms with van der Waals surface area (Å²) < 4.78 is 0. The van der Waals surface area contributed by atoms with Crippen molar-refractivity contribution in [3.63, 3.8) is 0 Å². The number of rotatable bonds is 7. The van der Waals surface area contributed by atoms with E-state index in [1.54, 1.807) is 0 Å². The molecule has 0 amide bonds. The van der Waals surface area contributed by atoms with Crippen LogP contribution in [0.2, 0.25) is 0 Å². The third kappa shape index (κ3) is 6.74. The second-order valence-electron chi connectivity index (χ2n) is 5.05. The molecule has 23 heavy (non-hydrogen) atoms. The lowest BCUT2D eigenvalue weighted by molar-refractivity contribution is 0.835. The highest BCUT2D eigenvalue weighted by atomic mass is 32.2. The van der Waals surface area contributed by atoms with Gasteiger partial charge in [-0.3, -0.25) is 4.98 Å². The van der Waals surface area contributed by atoms with E-state index < -0.39 is 0 Å². The summed E-state index contributed by atoms with van der Waals surface area (Å²) in [6.45, 7) is 6.37. The van der Waals surface area contributed by atoms with Gasteiger partial charge in [-0.05, 0) is 38.1 Å². The zero-order valence-electron chi connectivity index (χ0n) is 13.7. The van der Waals surface area contributed by atoms with Crippen LogP contribution in [0.3, 0.4) is 0 Å². The maximum absolute atomic E-state index is 4.59. The number of guanidine groups is 1. The lowest BCUT2D eigenvalue weighted by Crippen LogP contribution is -2.38. The molecule has 0 aliphatic carbocycles. The van der Waals surface area contributed by atoms with E-state index in [0.29, 0.717) is 6.54 Å². The van der Waals surface area contributed by atoms with E-state index in [-0.39, 0.29) is 0 Å². The van der Waals surface area contributed by atoms with Crippen LogP contribution >= 0.6 is 11.8 Å². The second kappa shape index (κ2) is 9.90. The minimum Gasteiger partial charge on any atom is -0.357 e. The number of benzene rings is 1. The normalized spacial score (nSPS) is 11.3. The van der Waals surface area contributed by atoms with Crippen molar-refractivity contribution in [3.8, 4) is 0 Å². The van der Waals surface area contributed by atoms with E-state index in [0.717, 1.165) is 36.2 Å². The molecule has 2 N–H and O–H groups in total. The first-order chi connectivity index (χ1) is 11.3. The molecule has 0 atom stereocenters. The van der Waals surface area contributed by atoms with Crippen molar-refractivity contribution < 1.29 is 0 Å². The van der Waals surface area contributed by atoms with Gasteiger partial charge >= 0.3 is 0 Å². The molecule has 5 heteroatoms. The molecular formula is C18H24N4S. The molecule has 0 spiro atoms. The van der Waals surface area contributed by atoms with E-state index in [4.69, 9.17) is 0 Å². The van der Waals surface area contributed by atoms with Crippen LogP contribution in [0.4, 0.5) is 0 Å². The van der Waals surface area contributed by atoms with Gasteiger partial charge in [0.1, 0.15) is 0 Å². The molecule has 0 radical (unpaired) electrons. The van der Waals surface area contributed by atoms with E-state index in [1.165, 1.54) is 4.90 Å². The number of pyridine rings is 1. The van der Waals surface area contributed by atoms with Gasteiger partial charge in [-0.2, -0.15) is 0 Å². The Bertz CT molecular complexity index is 613. The molecule has 1 aromatic heterocycles. The summed E-state index contributed by atoms with van der Waals surface area (Å²) in [6.07, 6.45) is 0. The number of hydrogen-bond acceptors (Lipinski definition) is 3. The first kappa shape index (κ1) is 17.3. The standard InChI is InChI=1S/C18H24N4S/c1-3-19-18(21-14-16-9-7-8-15(2)22-16)20-12-13-23-17-10-5-4-6-11-17/h4-11H,3,12-14H2,1-2H3,(H2,19,20,21). The fourth-order valence-corrected chi connectivity index (χ4v) is 2.83. The van der Waals surface area contributed by atoms with Gasteiger partial charge in [0, 0.05) is 29.4 Å². The highest BCUT2D eigenvalue weighted by molar-refractivity contribution is 7.99. The van der Waals surface area contributed by atoms with Crippen molar-refractivity contribution in [1.29, 1.82) is 0 Å². The summed E-state index contributed by atoms with van der Waals surface area (Å²) >= 11 is 1.84.